The molecule has 102 valence electrons. The first-order chi connectivity index (χ1) is 9.04. The molecule has 1 saturated carbocycles. The monoisotopic (exact) mass is 259 g/mol. The van der Waals surface area contributed by atoms with E-state index < -0.39 is 0 Å². The molecule has 2 N–H and O–H groups in total. The van der Waals surface area contributed by atoms with Gasteiger partial charge in [-0.15, -0.1) is 0 Å². The van der Waals surface area contributed by atoms with Crippen molar-refractivity contribution in [3.63, 3.8) is 0 Å². The van der Waals surface area contributed by atoms with Crippen molar-refractivity contribution in [3.05, 3.63) is 22.9 Å². The van der Waals surface area contributed by atoms with Crippen molar-refractivity contribution in [3.8, 4) is 11.9 Å². The topological polar surface area (TPSA) is 71.9 Å². The molecule has 0 spiro atoms. The lowest BCUT2D eigenvalue weighted by Crippen LogP contribution is -2.47. The minimum Gasteiger partial charge on any atom is -0.475 e. The Hall–Kier alpha value is -1.60. The van der Waals surface area contributed by atoms with Gasteiger partial charge < -0.3 is 10.5 Å². The number of ether oxygens (including phenoxy) is 1. The van der Waals surface area contributed by atoms with Crippen molar-refractivity contribution in [2.45, 2.75) is 51.5 Å². The zero-order valence-corrected chi connectivity index (χ0v) is 11.7. The minimum absolute atomic E-state index is 0.260. The first kappa shape index (κ1) is 13.8. The van der Waals surface area contributed by atoms with E-state index in [4.69, 9.17) is 10.5 Å². The second-order valence-electron chi connectivity index (χ2n) is 5.58. The van der Waals surface area contributed by atoms with Gasteiger partial charge >= 0.3 is 0 Å². The summed E-state index contributed by atoms with van der Waals surface area (Å²) < 4.78 is 5.77. The molecule has 1 aliphatic carbocycles. The Morgan fingerprint density at radius 3 is 2.68 bits per heavy atom. The van der Waals surface area contributed by atoms with Gasteiger partial charge in [0.2, 0.25) is 5.88 Å². The van der Waals surface area contributed by atoms with Crippen LogP contribution >= 0.6 is 0 Å². The summed E-state index contributed by atoms with van der Waals surface area (Å²) in [5.74, 6) is 0.426. The summed E-state index contributed by atoms with van der Waals surface area (Å²) >= 11 is 0. The molecule has 4 heteroatoms. The summed E-state index contributed by atoms with van der Waals surface area (Å²) in [7, 11) is 0. The number of nitrogens with two attached hydrogens (primary N) is 1. The summed E-state index contributed by atoms with van der Waals surface area (Å²) in [5, 5.41) is 9.19. The quantitative estimate of drug-likeness (QED) is 0.905. The van der Waals surface area contributed by atoms with Crippen LogP contribution in [0, 0.1) is 25.2 Å². The molecule has 1 aromatic heterocycles. The fraction of sp³-hybridized carbons (Fsp3) is 0.600. The van der Waals surface area contributed by atoms with Crippen LogP contribution in [0.25, 0.3) is 0 Å². The molecule has 19 heavy (non-hydrogen) atoms. The molecule has 1 aromatic rings. The molecule has 0 unspecified atom stereocenters. The Balaban J connectivity index is 2.13. The number of hydrogen-bond acceptors (Lipinski definition) is 4. The highest BCUT2D eigenvalue weighted by Gasteiger charge is 2.28. The number of nitriles is 1. The van der Waals surface area contributed by atoms with Crippen molar-refractivity contribution >= 4 is 0 Å². The third-order valence-electron chi connectivity index (χ3n) is 3.77. The van der Waals surface area contributed by atoms with E-state index >= 15 is 0 Å². The molecular weight excluding hydrogens is 238 g/mol. The number of nitrogens with zero attached hydrogens (tertiary/aromatic N) is 2. The van der Waals surface area contributed by atoms with E-state index in [1.807, 2.05) is 19.9 Å². The fourth-order valence-electron chi connectivity index (χ4n) is 2.66. The zero-order chi connectivity index (χ0) is 13.9. The largest absolute Gasteiger partial charge is 0.475 e. The van der Waals surface area contributed by atoms with Gasteiger partial charge in [-0.1, -0.05) is 19.3 Å². The molecule has 0 aliphatic heterocycles. The van der Waals surface area contributed by atoms with Gasteiger partial charge in [0.25, 0.3) is 0 Å². The molecule has 0 radical (unpaired) electrons. The van der Waals surface area contributed by atoms with Crippen LogP contribution in [0.1, 0.15) is 48.9 Å². The highest BCUT2D eigenvalue weighted by atomic mass is 16.5. The highest BCUT2D eigenvalue weighted by molar-refractivity contribution is 5.45. The lowest BCUT2D eigenvalue weighted by molar-refractivity contribution is 0.168. The third-order valence-corrected chi connectivity index (χ3v) is 3.77. The van der Waals surface area contributed by atoms with Gasteiger partial charge in [-0.05, 0) is 38.3 Å². The van der Waals surface area contributed by atoms with Crippen molar-refractivity contribution in [1.29, 1.82) is 5.26 Å². The van der Waals surface area contributed by atoms with Crippen molar-refractivity contribution in [2.24, 2.45) is 5.73 Å². The Labute approximate surface area is 114 Å². The van der Waals surface area contributed by atoms with Gasteiger partial charge in [-0.3, -0.25) is 0 Å². The van der Waals surface area contributed by atoms with E-state index in [0.717, 1.165) is 36.9 Å². The summed E-state index contributed by atoms with van der Waals surface area (Å²) in [4.78, 5) is 4.32. The first-order valence-corrected chi connectivity index (χ1v) is 6.84. The Morgan fingerprint density at radius 2 is 2.05 bits per heavy atom. The SMILES string of the molecule is Cc1cc(C)c(C#N)c(OCC2(N)CCCCC2)n1. The average Bonchev–Trinajstić information content (AvgIpc) is 2.37. The maximum atomic E-state index is 9.19. The van der Waals surface area contributed by atoms with Crippen LogP contribution in [0.2, 0.25) is 0 Å². The number of rotatable bonds is 3. The number of pyridine rings is 1. The standard InChI is InChI=1S/C15H21N3O/c1-11-8-12(2)18-14(13(11)9-16)19-10-15(17)6-4-3-5-7-15/h8H,3-7,10,17H2,1-2H3. The van der Waals surface area contributed by atoms with Crippen LogP contribution < -0.4 is 10.5 Å². The highest BCUT2D eigenvalue weighted by Crippen LogP contribution is 2.27. The maximum Gasteiger partial charge on any atom is 0.232 e. The van der Waals surface area contributed by atoms with Crippen LogP contribution in [0.5, 0.6) is 5.88 Å². The molecule has 1 heterocycles. The molecule has 0 bridgehead atoms. The molecule has 1 aliphatic rings. The number of aromatic nitrogens is 1. The third kappa shape index (κ3) is 3.24. The normalized spacial score (nSPS) is 17.8. The van der Waals surface area contributed by atoms with Crippen LogP contribution in [-0.4, -0.2) is 17.1 Å². The van der Waals surface area contributed by atoms with Gasteiger partial charge in [0.1, 0.15) is 18.2 Å². The second-order valence-corrected chi connectivity index (χ2v) is 5.58. The van der Waals surface area contributed by atoms with Crippen molar-refractivity contribution in [1.82, 2.24) is 4.98 Å². The molecular formula is C15H21N3O. The Bertz CT molecular complexity index is 499. The van der Waals surface area contributed by atoms with Crippen LogP contribution in [0.15, 0.2) is 6.07 Å². The fourth-order valence-corrected chi connectivity index (χ4v) is 2.66. The summed E-state index contributed by atoms with van der Waals surface area (Å²) in [6.45, 7) is 4.25. The van der Waals surface area contributed by atoms with E-state index in [9.17, 15) is 5.26 Å². The van der Waals surface area contributed by atoms with Crippen molar-refractivity contribution in [2.75, 3.05) is 6.61 Å². The van der Waals surface area contributed by atoms with E-state index in [1.165, 1.54) is 6.42 Å². The van der Waals surface area contributed by atoms with E-state index in [-0.39, 0.29) is 5.54 Å². The van der Waals surface area contributed by atoms with Crippen LogP contribution in [-0.2, 0) is 0 Å². The second kappa shape index (κ2) is 5.58. The molecule has 1 fully saturated rings. The molecule has 0 amide bonds. The minimum atomic E-state index is -0.260. The van der Waals surface area contributed by atoms with Crippen molar-refractivity contribution < 1.29 is 4.74 Å². The Kier molecular flexibility index (Phi) is 4.06. The molecule has 0 atom stereocenters. The van der Waals surface area contributed by atoms with Crippen LogP contribution in [0.3, 0.4) is 0 Å². The van der Waals surface area contributed by atoms with E-state index in [2.05, 4.69) is 11.1 Å². The number of hydrogen-bond donors (Lipinski definition) is 1. The van der Waals surface area contributed by atoms with E-state index in [1.54, 1.807) is 0 Å². The number of aryl methyl sites for hydroxylation is 2. The lowest BCUT2D eigenvalue weighted by atomic mass is 9.83. The van der Waals surface area contributed by atoms with Gasteiger partial charge in [0.05, 0.1) is 5.54 Å². The predicted octanol–water partition coefficient (Wildman–Crippen LogP) is 2.61. The summed E-state index contributed by atoms with van der Waals surface area (Å²) in [5.41, 5.74) is 8.36. The van der Waals surface area contributed by atoms with Crippen LogP contribution in [0.4, 0.5) is 0 Å². The molecule has 2 rings (SSSR count). The smallest absolute Gasteiger partial charge is 0.232 e. The lowest BCUT2D eigenvalue weighted by Gasteiger charge is -2.32. The zero-order valence-electron chi connectivity index (χ0n) is 11.7. The molecule has 4 nitrogen and oxygen atoms in total. The summed E-state index contributed by atoms with van der Waals surface area (Å²) in [6, 6.07) is 4.06. The average molecular weight is 259 g/mol. The van der Waals surface area contributed by atoms with Gasteiger partial charge in [0, 0.05) is 5.69 Å². The van der Waals surface area contributed by atoms with Gasteiger partial charge in [-0.2, -0.15) is 5.26 Å². The Morgan fingerprint density at radius 1 is 1.37 bits per heavy atom. The molecule has 0 aromatic carbocycles. The molecule has 0 saturated heterocycles. The van der Waals surface area contributed by atoms with E-state index in [0.29, 0.717) is 18.1 Å². The van der Waals surface area contributed by atoms with Gasteiger partial charge in [-0.25, -0.2) is 4.98 Å². The van der Waals surface area contributed by atoms with Gasteiger partial charge in [0.15, 0.2) is 0 Å². The first-order valence-electron chi connectivity index (χ1n) is 6.84. The maximum absolute atomic E-state index is 9.19. The predicted molar refractivity (Wildman–Crippen MR) is 73.9 cm³/mol. The summed E-state index contributed by atoms with van der Waals surface area (Å²) in [6.07, 6.45) is 5.54.